The Labute approximate surface area is 177 Å². The number of esters is 3. The third kappa shape index (κ3) is 3.61. The molecule has 2 saturated carbocycles. The average molecular weight is 414 g/mol. The number of ether oxygens (including phenoxy) is 3. The molecule has 1 aromatic rings. The van der Waals surface area contributed by atoms with E-state index in [4.69, 9.17) is 14.2 Å². The Morgan fingerprint density at radius 1 is 1.00 bits per heavy atom. The quantitative estimate of drug-likeness (QED) is 0.551. The first-order valence-electron chi connectivity index (χ1n) is 10.8. The fraction of sp³-hybridized carbons (Fsp3) is 0.625. The molecule has 0 saturated heterocycles. The Kier molecular flexibility index (Phi) is 5.37. The first kappa shape index (κ1) is 20.9. The molecule has 0 aliphatic heterocycles. The highest BCUT2D eigenvalue weighted by Gasteiger charge is 2.61. The molecule has 3 aliphatic rings. The second kappa shape index (κ2) is 7.71. The summed E-state index contributed by atoms with van der Waals surface area (Å²) >= 11 is 0. The molecule has 30 heavy (non-hydrogen) atoms. The maximum atomic E-state index is 11.8. The number of hydrogen-bond acceptors (Lipinski definition) is 6. The summed E-state index contributed by atoms with van der Waals surface area (Å²) in [5.74, 6) is 0.839. The topological polar surface area (TPSA) is 78.9 Å². The van der Waals surface area contributed by atoms with Crippen LogP contribution in [0.1, 0.15) is 70.4 Å². The number of rotatable bonds is 3. The van der Waals surface area contributed by atoms with E-state index in [0.717, 1.165) is 32.1 Å². The lowest BCUT2D eigenvalue weighted by Gasteiger charge is -2.50. The van der Waals surface area contributed by atoms with Crippen LogP contribution in [0.25, 0.3) is 0 Å². The van der Waals surface area contributed by atoms with Crippen molar-refractivity contribution in [3.8, 4) is 5.75 Å². The van der Waals surface area contributed by atoms with Gasteiger partial charge in [0.2, 0.25) is 0 Å². The minimum Gasteiger partial charge on any atom is -0.459 e. The molecule has 6 atom stereocenters. The molecule has 162 valence electrons. The monoisotopic (exact) mass is 414 g/mol. The molecule has 4 rings (SSSR count). The van der Waals surface area contributed by atoms with Gasteiger partial charge < -0.3 is 14.2 Å². The third-order valence-corrected chi connectivity index (χ3v) is 7.48. The zero-order valence-corrected chi connectivity index (χ0v) is 18.1. The van der Waals surface area contributed by atoms with Crippen molar-refractivity contribution in [2.24, 2.45) is 17.3 Å². The van der Waals surface area contributed by atoms with E-state index in [0.29, 0.717) is 23.5 Å². The molecular formula is C24H30O6. The van der Waals surface area contributed by atoms with Crippen molar-refractivity contribution < 1.29 is 28.6 Å². The van der Waals surface area contributed by atoms with Gasteiger partial charge >= 0.3 is 17.9 Å². The summed E-state index contributed by atoms with van der Waals surface area (Å²) < 4.78 is 16.6. The van der Waals surface area contributed by atoms with Gasteiger partial charge in [-0.3, -0.25) is 14.4 Å². The highest BCUT2D eigenvalue weighted by Crippen LogP contribution is 2.62. The highest BCUT2D eigenvalue weighted by atomic mass is 16.6. The summed E-state index contributed by atoms with van der Waals surface area (Å²) in [7, 11) is 0. The first-order chi connectivity index (χ1) is 14.2. The molecule has 3 aliphatic carbocycles. The fourth-order valence-corrected chi connectivity index (χ4v) is 6.44. The number of carbonyl (C=O) groups excluding carboxylic acids is 3. The first-order valence-corrected chi connectivity index (χ1v) is 10.8. The Morgan fingerprint density at radius 2 is 1.73 bits per heavy atom. The molecule has 0 N–H and O–H groups in total. The van der Waals surface area contributed by atoms with Gasteiger partial charge in [0, 0.05) is 26.2 Å². The Bertz CT molecular complexity index is 876. The van der Waals surface area contributed by atoms with Crippen molar-refractivity contribution >= 4 is 17.9 Å². The standard InChI is InChI=1S/C24H30O6/c1-13(25)28-17-6-8-18-16(11-17)5-7-20-19(18)9-10-24(4)21(20)12-22(29-14(2)26)23(24)30-15(3)27/h6,8,11,19-23H,5,7,9-10,12H2,1-4H3/t19-,20-,21+,22-,23+,24-/m0/s1. The van der Waals surface area contributed by atoms with Gasteiger partial charge in [-0.2, -0.15) is 0 Å². The van der Waals surface area contributed by atoms with Crippen molar-refractivity contribution in [2.75, 3.05) is 0 Å². The van der Waals surface area contributed by atoms with Crippen LogP contribution in [0.2, 0.25) is 0 Å². The van der Waals surface area contributed by atoms with Crippen molar-refractivity contribution in [1.29, 1.82) is 0 Å². The van der Waals surface area contributed by atoms with Crippen molar-refractivity contribution in [2.45, 2.75) is 77.9 Å². The van der Waals surface area contributed by atoms with Crippen LogP contribution in [-0.2, 0) is 30.3 Å². The van der Waals surface area contributed by atoms with Crippen LogP contribution in [0.4, 0.5) is 0 Å². The Hall–Kier alpha value is -2.37. The lowest BCUT2D eigenvalue weighted by atomic mass is 9.55. The molecule has 2 fully saturated rings. The van der Waals surface area contributed by atoms with Crippen LogP contribution in [0.3, 0.4) is 0 Å². The van der Waals surface area contributed by atoms with E-state index < -0.39 is 6.10 Å². The van der Waals surface area contributed by atoms with Crippen LogP contribution in [-0.4, -0.2) is 30.1 Å². The zero-order valence-electron chi connectivity index (χ0n) is 18.1. The molecular weight excluding hydrogens is 384 g/mol. The summed E-state index contributed by atoms with van der Waals surface area (Å²) in [4.78, 5) is 34.8. The van der Waals surface area contributed by atoms with Gasteiger partial charge in [-0.05, 0) is 73.1 Å². The van der Waals surface area contributed by atoms with Crippen LogP contribution >= 0.6 is 0 Å². The van der Waals surface area contributed by atoms with Gasteiger partial charge in [0.15, 0.2) is 0 Å². The van der Waals surface area contributed by atoms with E-state index in [1.807, 2.05) is 12.1 Å². The third-order valence-electron chi connectivity index (χ3n) is 7.48. The largest absolute Gasteiger partial charge is 0.459 e. The normalized spacial score (nSPS) is 34.2. The van der Waals surface area contributed by atoms with E-state index in [2.05, 4.69) is 13.0 Å². The molecule has 0 bridgehead atoms. The molecule has 6 nitrogen and oxygen atoms in total. The lowest BCUT2D eigenvalue weighted by Crippen LogP contribution is -2.46. The molecule has 6 heteroatoms. The highest BCUT2D eigenvalue weighted by molar-refractivity contribution is 5.69. The summed E-state index contributed by atoms with van der Waals surface area (Å²) in [6.45, 7) is 6.45. The number of aryl methyl sites for hydroxylation is 1. The second-order valence-electron chi connectivity index (χ2n) is 9.33. The Morgan fingerprint density at radius 3 is 2.40 bits per heavy atom. The SMILES string of the molecule is CC(=O)Oc1ccc2c(c1)CC[C@@H]1[C@H]3C[C@H](OC(C)=O)[C@@H](OC(C)=O)[C@@]3(C)CC[C@@H]21. The molecule has 0 unspecified atom stereocenters. The summed E-state index contributed by atoms with van der Waals surface area (Å²) in [6, 6.07) is 5.99. The predicted octanol–water partition coefficient (Wildman–Crippen LogP) is 3.94. The van der Waals surface area contributed by atoms with Crippen LogP contribution in [0.5, 0.6) is 5.75 Å². The smallest absolute Gasteiger partial charge is 0.308 e. The second-order valence-corrected chi connectivity index (χ2v) is 9.33. The summed E-state index contributed by atoms with van der Waals surface area (Å²) in [5.41, 5.74) is 2.40. The van der Waals surface area contributed by atoms with Gasteiger partial charge in [0.25, 0.3) is 0 Å². The average Bonchev–Trinajstić information content (AvgIpc) is 2.92. The maximum Gasteiger partial charge on any atom is 0.308 e. The summed E-state index contributed by atoms with van der Waals surface area (Å²) in [5, 5.41) is 0. The predicted molar refractivity (Wildman–Crippen MR) is 109 cm³/mol. The molecule has 1 aromatic carbocycles. The van der Waals surface area contributed by atoms with Gasteiger partial charge in [0.05, 0.1) is 0 Å². The number of hydrogen-bond donors (Lipinski definition) is 0. The zero-order chi connectivity index (χ0) is 21.6. The van der Waals surface area contributed by atoms with E-state index in [-0.39, 0.29) is 29.4 Å². The molecule has 0 amide bonds. The molecule has 0 heterocycles. The van der Waals surface area contributed by atoms with E-state index in [1.165, 1.54) is 31.9 Å². The molecule has 0 aromatic heterocycles. The van der Waals surface area contributed by atoms with Crippen molar-refractivity contribution in [1.82, 2.24) is 0 Å². The maximum absolute atomic E-state index is 11.8. The summed E-state index contributed by atoms with van der Waals surface area (Å²) in [6.07, 6.45) is 3.83. The lowest BCUT2D eigenvalue weighted by molar-refractivity contribution is -0.171. The van der Waals surface area contributed by atoms with Crippen molar-refractivity contribution in [3.63, 3.8) is 0 Å². The number of fused-ring (bicyclic) bond motifs is 5. The van der Waals surface area contributed by atoms with Gasteiger partial charge in [-0.1, -0.05) is 13.0 Å². The van der Waals surface area contributed by atoms with Gasteiger partial charge in [-0.15, -0.1) is 0 Å². The van der Waals surface area contributed by atoms with Crippen molar-refractivity contribution in [3.05, 3.63) is 29.3 Å². The van der Waals surface area contributed by atoms with Crippen LogP contribution < -0.4 is 4.74 Å². The molecule has 0 spiro atoms. The van der Waals surface area contributed by atoms with Crippen LogP contribution in [0.15, 0.2) is 18.2 Å². The van der Waals surface area contributed by atoms with E-state index in [1.54, 1.807) is 0 Å². The Balaban J connectivity index is 1.62. The molecule has 0 radical (unpaired) electrons. The number of benzene rings is 1. The van der Waals surface area contributed by atoms with Crippen LogP contribution in [0, 0.1) is 17.3 Å². The van der Waals surface area contributed by atoms with E-state index in [9.17, 15) is 14.4 Å². The van der Waals surface area contributed by atoms with Gasteiger partial charge in [-0.25, -0.2) is 0 Å². The minimum atomic E-state index is -0.391. The fourth-order valence-electron chi connectivity index (χ4n) is 6.44. The number of carbonyl (C=O) groups is 3. The van der Waals surface area contributed by atoms with E-state index >= 15 is 0 Å². The van der Waals surface area contributed by atoms with Gasteiger partial charge in [0.1, 0.15) is 18.0 Å². The minimum absolute atomic E-state index is 0.192.